The van der Waals surface area contributed by atoms with Crippen LogP contribution in [-0.2, 0) is 9.47 Å². The highest BCUT2D eigenvalue weighted by atomic mass is 127. The lowest BCUT2D eigenvalue weighted by Crippen LogP contribution is -1.95. The summed E-state index contributed by atoms with van der Waals surface area (Å²) in [6.07, 6.45) is 6.82. The topological polar surface area (TPSA) is 18.5 Å². The molecule has 0 aromatic rings. The van der Waals surface area contributed by atoms with Crippen LogP contribution in [-0.4, -0.2) is 30.9 Å². The van der Waals surface area contributed by atoms with Gasteiger partial charge in [0.05, 0.1) is 19.8 Å². The first-order valence-electron chi connectivity index (χ1n) is 4.39. The fourth-order valence-corrected chi connectivity index (χ4v) is 0.975. The lowest BCUT2D eigenvalue weighted by Gasteiger charge is -1.97. The van der Waals surface area contributed by atoms with Crippen molar-refractivity contribution in [2.45, 2.75) is 6.42 Å². The van der Waals surface area contributed by atoms with Crippen molar-refractivity contribution in [3.8, 4) is 0 Å². The molecule has 0 unspecified atom stereocenters. The minimum Gasteiger partial charge on any atom is -0.377 e. The quantitative estimate of drug-likeness (QED) is 0.282. The number of ether oxygens (including phenoxy) is 2. The molecule has 0 atom stereocenters. The van der Waals surface area contributed by atoms with Gasteiger partial charge in [0.25, 0.3) is 0 Å². The molecule has 0 N–H and O–H groups in total. The van der Waals surface area contributed by atoms with Gasteiger partial charge in [0, 0.05) is 11.0 Å². The lowest BCUT2D eigenvalue weighted by atomic mass is 10.5. The molecule has 13 heavy (non-hydrogen) atoms. The van der Waals surface area contributed by atoms with Crippen molar-refractivity contribution < 1.29 is 9.47 Å². The summed E-state index contributed by atoms with van der Waals surface area (Å²) in [6, 6.07) is 0. The van der Waals surface area contributed by atoms with Crippen molar-refractivity contribution >= 4 is 22.6 Å². The van der Waals surface area contributed by atoms with Gasteiger partial charge in [-0.25, -0.2) is 0 Å². The number of halogens is 1. The van der Waals surface area contributed by atoms with E-state index in [-0.39, 0.29) is 0 Å². The number of hydrogen-bond donors (Lipinski definition) is 0. The molecule has 0 aliphatic carbocycles. The highest BCUT2D eigenvalue weighted by Crippen LogP contribution is 1.89. The van der Waals surface area contributed by atoms with Crippen molar-refractivity contribution in [3.63, 3.8) is 0 Å². The van der Waals surface area contributed by atoms with Gasteiger partial charge in [-0.1, -0.05) is 40.8 Å². The summed E-state index contributed by atoms with van der Waals surface area (Å²) in [5.41, 5.74) is 0. The largest absolute Gasteiger partial charge is 0.377 e. The first-order valence-corrected chi connectivity index (χ1v) is 5.91. The zero-order chi connectivity index (χ0) is 9.78. The SMILES string of the molecule is C=CCOC/C=C\COCCCI. The molecule has 0 heterocycles. The molecule has 0 aliphatic heterocycles. The van der Waals surface area contributed by atoms with Crippen LogP contribution in [0.4, 0.5) is 0 Å². The van der Waals surface area contributed by atoms with E-state index in [0.717, 1.165) is 17.5 Å². The molecule has 0 spiro atoms. The Morgan fingerprint density at radius 1 is 1.08 bits per heavy atom. The Balaban J connectivity index is 2.98. The van der Waals surface area contributed by atoms with Crippen molar-refractivity contribution in [1.29, 1.82) is 0 Å². The molecule has 0 amide bonds. The Morgan fingerprint density at radius 3 is 2.38 bits per heavy atom. The molecule has 0 saturated carbocycles. The molecule has 0 aliphatic rings. The van der Waals surface area contributed by atoms with Gasteiger partial charge in [0.1, 0.15) is 0 Å². The maximum absolute atomic E-state index is 5.31. The van der Waals surface area contributed by atoms with E-state index in [2.05, 4.69) is 29.2 Å². The Hall–Kier alpha value is 0.130. The van der Waals surface area contributed by atoms with Crippen molar-refractivity contribution in [1.82, 2.24) is 0 Å². The van der Waals surface area contributed by atoms with Gasteiger partial charge in [-0.15, -0.1) is 6.58 Å². The lowest BCUT2D eigenvalue weighted by molar-refractivity contribution is 0.162. The number of rotatable bonds is 9. The third-order valence-electron chi connectivity index (χ3n) is 1.25. The molecular formula is C10H17IO2. The van der Waals surface area contributed by atoms with Crippen LogP contribution in [0.25, 0.3) is 0 Å². The summed E-state index contributed by atoms with van der Waals surface area (Å²) >= 11 is 2.34. The zero-order valence-corrected chi connectivity index (χ0v) is 10.0. The number of hydrogen-bond acceptors (Lipinski definition) is 2. The van der Waals surface area contributed by atoms with Gasteiger partial charge in [-0.05, 0) is 6.42 Å². The van der Waals surface area contributed by atoms with Crippen LogP contribution in [0, 0.1) is 0 Å². The van der Waals surface area contributed by atoms with E-state index in [0.29, 0.717) is 19.8 Å². The minimum absolute atomic E-state index is 0.611. The fourth-order valence-electron chi connectivity index (χ4n) is 0.663. The van der Waals surface area contributed by atoms with Crippen LogP contribution in [0.1, 0.15) is 6.42 Å². The standard InChI is InChI=1S/C10H17IO2/c1-2-7-12-8-3-4-9-13-10-5-6-11/h2-4H,1,5-10H2/b4-3-. The molecule has 0 fully saturated rings. The highest BCUT2D eigenvalue weighted by Gasteiger charge is 1.83. The summed E-state index contributed by atoms with van der Waals surface area (Å²) < 4.78 is 11.6. The summed E-state index contributed by atoms with van der Waals surface area (Å²) in [7, 11) is 0. The average molecular weight is 296 g/mol. The normalized spacial score (nSPS) is 10.8. The van der Waals surface area contributed by atoms with E-state index in [9.17, 15) is 0 Å². The molecule has 0 rings (SSSR count). The monoisotopic (exact) mass is 296 g/mol. The molecule has 0 aromatic heterocycles. The predicted molar refractivity (Wildman–Crippen MR) is 64.5 cm³/mol. The summed E-state index contributed by atoms with van der Waals surface area (Å²) in [5.74, 6) is 0. The Kier molecular flexibility index (Phi) is 12.3. The van der Waals surface area contributed by atoms with Crippen LogP contribution < -0.4 is 0 Å². The zero-order valence-electron chi connectivity index (χ0n) is 7.88. The van der Waals surface area contributed by atoms with Gasteiger partial charge < -0.3 is 9.47 Å². The van der Waals surface area contributed by atoms with Gasteiger partial charge in [-0.3, -0.25) is 0 Å². The van der Waals surface area contributed by atoms with Crippen LogP contribution in [0.3, 0.4) is 0 Å². The first kappa shape index (κ1) is 13.1. The molecule has 0 saturated heterocycles. The van der Waals surface area contributed by atoms with Crippen LogP contribution in [0.2, 0.25) is 0 Å². The second-order valence-corrected chi connectivity index (χ2v) is 3.49. The fraction of sp³-hybridized carbons (Fsp3) is 0.600. The van der Waals surface area contributed by atoms with E-state index in [1.807, 2.05) is 12.2 Å². The van der Waals surface area contributed by atoms with Gasteiger partial charge in [-0.2, -0.15) is 0 Å². The molecule has 0 radical (unpaired) electrons. The van der Waals surface area contributed by atoms with E-state index < -0.39 is 0 Å². The van der Waals surface area contributed by atoms with Crippen LogP contribution in [0.5, 0.6) is 0 Å². The molecular weight excluding hydrogens is 279 g/mol. The second-order valence-electron chi connectivity index (χ2n) is 2.41. The third kappa shape index (κ3) is 12.1. The summed E-state index contributed by atoms with van der Waals surface area (Å²) in [5, 5.41) is 0. The van der Waals surface area contributed by atoms with E-state index in [1.54, 1.807) is 6.08 Å². The van der Waals surface area contributed by atoms with Gasteiger partial charge in [0.2, 0.25) is 0 Å². The maximum Gasteiger partial charge on any atom is 0.0652 e. The van der Waals surface area contributed by atoms with Crippen molar-refractivity contribution in [2.24, 2.45) is 0 Å². The summed E-state index contributed by atoms with van der Waals surface area (Å²) in [6.45, 7) is 6.34. The van der Waals surface area contributed by atoms with Gasteiger partial charge >= 0.3 is 0 Å². The maximum atomic E-state index is 5.31. The summed E-state index contributed by atoms with van der Waals surface area (Å²) in [4.78, 5) is 0. The van der Waals surface area contributed by atoms with Crippen LogP contribution in [0.15, 0.2) is 24.8 Å². The van der Waals surface area contributed by atoms with Gasteiger partial charge in [0.15, 0.2) is 0 Å². The smallest absolute Gasteiger partial charge is 0.0652 e. The minimum atomic E-state index is 0.611. The molecule has 0 aromatic carbocycles. The van der Waals surface area contributed by atoms with E-state index in [1.165, 1.54) is 0 Å². The Labute approximate surface area is 94.1 Å². The average Bonchev–Trinajstić information content (AvgIpc) is 2.16. The van der Waals surface area contributed by atoms with E-state index in [4.69, 9.17) is 9.47 Å². The molecule has 0 bridgehead atoms. The predicted octanol–water partition coefficient (Wildman–Crippen LogP) is 2.59. The van der Waals surface area contributed by atoms with Crippen molar-refractivity contribution in [3.05, 3.63) is 24.8 Å². The highest BCUT2D eigenvalue weighted by molar-refractivity contribution is 14.1. The Morgan fingerprint density at radius 2 is 1.77 bits per heavy atom. The molecule has 2 nitrogen and oxygen atoms in total. The Bertz CT molecular complexity index is 135. The first-order chi connectivity index (χ1) is 6.41. The van der Waals surface area contributed by atoms with Crippen molar-refractivity contribution in [2.75, 3.05) is 30.9 Å². The molecule has 3 heteroatoms. The second kappa shape index (κ2) is 12.1. The van der Waals surface area contributed by atoms with Crippen LogP contribution >= 0.6 is 22.6 Å². The number of alkyl halides is 1. The third-order valence-corrected chi connectivity index (χ3v) is 2.02. The molecule has 76 valence electrons. The van der Waals surface area contributed by atoms with E-state index >= 15 is 0 Å².